The molecule has 0 aliphatic carbocycles. The van der Waals surface area contributed by atoms with Gasteiger partial charge in [-0.3, -0.25) is 0 Å². The lowest BCUT2D eigenvalue weighted by atomic mass is 10.0. The molecule has 7 nitrogen and oxygen atoms in total. The van der Waals surface area contributed by atoms with Crippen LogP contribution in [0.5, 0.6) is 0 Å². The van der Waals surface area contributed by atoms with Gasteiger partial charge in [0.15, 0.2) is 0 Å². The van der Waals surface area contributed by atoms with Gasteiger partial charge in [0.1, 0.15) is 11.6 Å². The highest BCUT2D eigenvalue weighted by Gasteiger charge is 2.10. The summed E-state index contributed by atoms with van der Waals surface area (Å²) < 4.78 is 0. The number of fused-ring (bicyclic) bond motifs is 2. The number of H-pyrrole nitrogens is 2. The number of anilines is 2. The van der Waals surface area contributed by atoms with Crippen molar-refractivity contribution in [2.75, 3.05) is 11.1 Å². The van der Waals surface area contributed by atoms with Gasteiger partial charge in [0.25, 0.3) is 0 Å². The van der Waals surface area contributed by atoms with E-state index in [1.807, 2.05) is 25.3 Å². The normalized spacial score (nSPS) is 11.4. The van der Waals surface area contributed by atoms with E-state index in [-0.39, 0.29) is 5.95 Å². The first-order valence-corrected chi connectivity index (χ1v) is 10.0. The van der Waals surface area contributed by atoms with Gasteiger partial charge < -0.3 is 21.0 Å². The SMILES string of the molecule is Cc1nc2ccc(CNc3nc(N)ncc3CCc3c[nH]c4ccccc34)cc2[nH]1. The fourth-order valence-corrected chi connectivity index (χ4v) is 3.84. The van der Waals surface area contributed by atoms with Crippen LogP contribution in [-0.2, 0) is 19.4 Å². The maximum absolute atomic E-state index is 5.86. The molecule has 150 valence electrons. The Bertz CT molecular complexity index is 1330. The van der Waals surface area contributed by atoms with Crippen molar-refractivity contribution in [1.29, 1.82) is 0 Å². The van der Waals surface area contributed by atoms with Crippen molar-refractivity contribution >= 4 is 33.7 Å². The van der Waals surface area contributed by atoms with E-state index in [1.54, 1.807) is 0 Å². The lowest BCUT2D eigenvalue weighted by molar-refractivity contribution is 0.935. The quantitative estimate of drug-likeness (QED) is 0.345. The molecule has 0 saturated heterocycles. The van der Waals surface area contributed by atoms with Gasteiger partial charge in [-0.15, -0.1) is 0 Å². The second-order valence-electron chi connectivity index (χ2n) is 7.49. The molecule has 0 radical (unpaired) electrons. The molecule has 3 aromatic heterocycles. The molecular weight excluding hydrogens is 374 g/mol. The zero-order chi connectivity index (χ0) is 20.5. The number of hydrogen-bond donors (Lipinski definition) is 4. The van der Waals surface area contributed by atoms with Crippen LogP contribution in [0.3, 0.4) is 0 Å². The van der Waals surface area contributed by atoms with Gasteiger partial charge in [0.05, 0.1) is 11.0 Å². The molecular formula is C23H23N7. The van der Waals surface area contributed by atoms with E-state index in [1.165, 1.54) is 10.9 Å². The third-order valence-electron chi connectivity index (χ3n) is 5.35. The number of rotatable bonds is 6. The standard InChI is InChI=1S/C23H23N7/c1-14-28-20-9-6-15(10-21(20)29-14)11-26-22-17(13-27-23(24)30-22)8-7-16-12-25-19-5-3-2-4-18(16)19/h2-6,9-10,12-13,25H,7-8,11H2,1H3,(H,28,29)(H3,24,26,27,30). The van der Waals surface area contributed by atoms with E-state index in [9.17, 15) is 0 Å². The Morgan fingerprint density at radius 3 is 2.80 bits per heavy atom. The Labute approximate surface area is 173 Å². The van der Waals surface area contributed by atoms with Gasteiger partial charge in [-0.25, -0.2) is 9.97 Å². The third kappa shape index (κ3) is 3.57. The number of benzene rings is 2. The number of aromatic amines is 2. The Morgan fingerprint density at radius 1 is 1.00 bits per heavy atom. The topological polar surface area (TPSA) is 108 Å². The molecule has 0 atom stereocenters. The summed E-state index contributed by atoms with van der Waals surface area (Å²) in [5.41, 5.74) is 12.5. The Morgan fingerprint density at radius 2 is 1.87 bits per heavy atom. The predicted molar refractivity (Wildman–Crippen MR) is 120 cm³/mol. The van der Waals surface area contributed by atoms with Gasteiger partial charge in [0.2, 0.25) is 5.95 Å². The molecule has 0 unspecified atom stereocenters. The van der Waals surface area contributed by atoms with Crippen molar-refractivity contribution < 1.29 is 0 Å². The van der Waals surface area contributed by atoms with Crippen LogP contribution >= 0.6 is 0 Å². The minimum Gasteiger partial charge on any atom is -0.368 e. The monoisotopic (exact) mass is 397 g/mol. The summed E-state index contributed by atoms with van der Waals surface area (Å²) in [6.07, 6.45) is 5.62. The predicted octanol–water partition coefficient (Wildman–Crippen LogP) is 4.12. The molecule has 7 heteroatoms. The van der Waals surface area contributed by atoms with Gasteiger partial charge in [-0.1, -0.05) is 24.3 Å². The Balaban J connectivity index is 1.33. The van der Waals surface area contributed by atoms with Crippen molar-refractivity contribution in [3.8, 4) is 0 Å². The zero-order valence-corrected chi connectivity index (χ0v) is 16.7. The highest BCUT2D eigenvalue weighted by Crippen LogP contribution is 2.22. The lowest BCUT2D eigenvalue weighted by Crippen LogP contribution is -2.08. The largest absolute Gasteiger partial charge is 0.368 e. The summed E-state index contributed by atoms with van der Waals surface area (Å²) in [6.45, 7) is 2.60. The molecule has 0 aliphatic rings. The molecule has 30 heavy (non-hydrogen) atoms. The summed E-state index contributed by atoms with van der Waals surface area (Å²) in [6, 6.07) is 14.6. The molecule has 5 rings (SSSR count). The van der Waals surface area contributed by atoms with Crippen molar-refractivity contribution in [3.63, 3.8) is 0 Å². The Hall–Kier alpha value is -3.87. The number of para-hydroxylation sites is 1. The van der Waals surface area contributed by atoms with Gasteiger partial charge in [-0.05, 0) is 49.1 Å². The highest BCUT2D eigenvalue weighted by atomic mass is 15.1. The molecule has 0 amide bonds. The number of hydrogen-bond acceptors (Lipinski definition) is 5. The van der Waals surface area contributed by atoms with Gasteiger partial charge in [0, 0.05) is 35.4 Å². The maximum Gasteiger partial charge on any atom is 0.221 e. The van der Waals surface area contributed by atoms with Crippen molar-refractivity contribution in [1.82, 2.24) is 24.9 Å². The number of aromatic nitrogens is 5. The van der Waals surface area contributed by atoms with E-state index in [2.05, 4.69) is 66.8 Å². The summed E-state index contributed by atoms with van der Waals surface area (Å²) in [5.74, 6) is 1.97. The molecule has 0 bridgehead atoms. The molecule has 3 heterocycles. The molecule has 0 saturated carbocycles. The number of aryl methyl sites for hydroxylation is 3. The number of imidazole rings is 1. The number of nitrogens with zero attached hydrogens (tertiary/aromatic N) is 3. The summed E-state index contributed by atoms with van der Waals surface area (Å²) in [4.78, 5) is 19.7. The van der Waals surface area contributed by atoms with E-state index in [0.29, 0.717) is 6.54 Å². The van der Waals surface area contributed by atoms with Crippen molar-refractivity contribution in [3.05, 3.63) is 77.4 Å². The minimum absolute atomic E-state index is 0.271. The fourth-order valence-electron chi connectivity index (χ4n) is 3.84. The average molecular weight is 397 g/mol. The van der Waals surface area contributed by atoms with Crippen molar-refractivity contribution in [2.45, 2.75) is 26.3 Å². The number of nitrogens with one attached hydrogen (secondary N) is 3. The van der Waals surface area contributed by atoms with Gasteiger partial charge >= 0.3 is 0 Å². The van der Waals surface area contributed by atoms with Crippen LogP contribution in [0.15, 0.2) is 54.9 Å². The molecule has 0 fully saturated rings. The van der Waals surface area contributed by atoms with E-state index in [0.717, 1.165) is 52.2 Å². The van der Waals surface area contributed by atoms with E-state index >= 15 is 0 Å². The first-order chi connectivity index (χ1) is 14.7. The zero-order valence-electron chi connectivity index (χ0n) is 16.7. The second kappa shape index (κ2) is 7.51. The van der Waals surface area contributed by atoms with Crippen LogP contribution in [-0.4, -0.2) is 24.9 Å². The van der Waals surface area contributed by atoms with Crippen LogP contribution in [0.4, 0.5) is 11.8 Å². The van der Waals surface area contributed by atoms with E-state index < -0.39 is 0 Å². The van der Waals surface area contributed by atoms with Crippen molar-refractivity contribution in [2.24, 2.45) is 0 Å². The summed E-state index contributed by atoms with van der Waals surface area (Å²) >= 11 is 0. The lowest BCUT2D eigenvalue weighted by Gasteiger charge is -2.11. The molecule has 0 aliphatic heterocycles. The number of nitrogens with two attached hydrogens (primary N) is 1. The number of nitrogen functional groups attached to an aromatic ring is 1. The van der Waals surface area contributed by atoms with Crippen LogP contribution in [0.1, 0.15) is 22.5 Å². The molecule has 5 N–H and O–H groups in total. The van der Waals surface area contributed by atoms with Crippen LogP contribution in [0, 0.1) is 6.92 Å². The smallest absolute Gasteiger partial charge is 0.221 e. The maximum atomic E-state index is 5.86. The molecule has 0 spiro atoms. The summed E-state index contributed by atoms with van der Waals surface area (Å²) in [7, 11) is 0. The third-order valence-corrected chi connectivity index (χ3v) is 5.35. The van der Waals surface area contributed by atoms with Crippen LogP contribution in [0.2, 0.25) is 0 Å². The fraction of sp³-hybridized carbons (Fsp3) is 0.174. The minimum atomic E-state index is 0.271. The average Bonchev–Trinajstić information content (AvgIpc) is 3.33. The highest BCUT2D eigenvalue weighted by molar-refractivity contribution is 5.83. The Kier molecular flexibility index (Phi) is 4.55. The van der Waals surface area contributed by atoms with Crippen LogP contribution in [0.25, 0.3) is 21.9 Å². The molecule has 5 aromatic rings. The summed E-state index contributed by atoms with van der Waals surface area (Å²) in [5, 5.41) is 4.69. The molecule has 2 aromatic carbocycles. The first-order valence-electron chi connectivity index (χ1n) is 10.0. The second-order valence-corrected chi connectivity index (χ2v) is 7.49. The van der Waals surface area contributed by atoms with Crippen LogP contribution < -0.4 is 11.1 Å². The van der Waals surface area contributed by atoms with Gasteiger partial charge in [-0.2, -0.15) is 4.98 Å². The first kappa shape index (κ1) is 18.2. The van der Waals surface area contributed by atoms with E-state index in [4.69, 9.17) is 5.73 Å².